The van der Waals surface area contributed by atoms with Crippen molar-refractivity contribution in [1.29, 1.82) is 0 Å². The van der Waals surface area contributed by atoms with E-state index in [4.69, 9.17) is 18.9 Å². The Morgan fingerprint density at radius 3 is 2.05 bits per heavy atom. The molecule has 0 radical (unpaired) electrons. The maximum absolute atomic E-state index is 12.6. The molecular formula is C12H23O8P. The average molecular weight is 326 g/mol. The number of carbonyl (C=O) groups excluding carboxylic acids is 2. The van der Waals surface area contributed by atoms with E-state index in [1.165, 1.54) is 0 Å². The number of ether oxygens (including phenoxy) is 2. The highest BCUT2D eigenvalue weighted by Crippen LogP contribution is 2.54. The Bertz CT molecular complexity index is 360. The van der Waals surface area contributed by atoms with Gasteiger partial charge in [0.15, 0.2) is 5.66 Å². The lowest BCUT2D eigenvalue weighted by Crippen LogP contribution is -2.29. The zero-order valence-electron chi connectivity index (χ0n) is 12.6. The van der Waals surface area contributed by atoms with Crippen molar-refractivity contribution >= 4 is 19.5 Å². The van der Waals surface area contributed by atoms with Crippen molar-refractivity contribution in [3.05, 3.63) is 0 Å². The molecule has 0 fully saturated rings. The molecule has 0 aliphatic carbocycles. The van der Waals surface area contributed by atoms with Crippen molar-refractivity contribution < 1.29 is 37.8 Å². The highest BCUT2D eigenvalue weighted by molar-refractivity contribution is 7.55. The Morgan fingerprint density at radius 2 is 1.62 bits per heavy atom. The average Bonchev–Trinajstić information content (AvgIpc) is 2.43. The van der Waals surface area contributed by atoms with Gasteiger partial charge in [0.1, 0.15) is 6.61 Å². The fraction of sp³-hybridized carbons (Fsp3) is 0.833. The van der Waals surface area contributed by atoms with Crippen molar-refractivity contribution in [2.75, 3.05) is 33.0 Å². The van der Waals surface area contributed by atoms with Crippen LogP contribution in [0.4, 0.5) is 0 Å². The molecule has 0 heterocycles. The minimum Gasteiger partial charge on any atom is -0.465 e. The van der Waals surface area contributed by atoms with E-state index in [-0.39, 0.29) is 33.0 Å². The number of aliphatic hydroxyl groups is 1. The van der Waals surface area contributed by atoms with Crippen LogP contribution < -0.4 is 0 Å². The molecule has 0 amide bonds. The van der Waals surface area contributed by atoms with Crippen LogP contribution in [0.15, 0.2) is 0 Å². The van der Waals surface area contributed by atoms with Crippen LogP contribution in [0.3, 0.4) is 0 Å². The first-order valence-electron chi connectivity index (χ1n) is 6.77. The SMILES string of the molecule is CCOC(=O)C(CC(=O)OCCO)P(=O)(OCC)OCC. The molecule has 8 nitrogen and oxygen atoms in total. The minimum absolute atomic E-state index is 0.0544. The van der Waals surface area contributed by atoms with E-state index in [2.05, 4.69) is 4.74 Å². The fourth-order valence-corrected chi connectivity index (χ4v) is 3.38. The Labute approximate surface area is 124 Å². The van der Waals surface area contributed by atoms with Gasteiger partial charge in [0, 0.05) is 0 Å². The minimum atomic E-state index is -3.84. The number of hydrogen-bond acceptors (Lipinski definition) is 8. The fourth-order valence-electron chi connectivity index (χ4n) is 1.52. The Hall–Kier alpha value is -0.950. The van der Waals surface area contributed by atoms with Crippen molar-refractivity contribution in [2.45, 2.75) is 32.9 Å². The van der Waals surface area contributed by atoms with Gasteiger partial charge in [-0.2, -0.15) is 0 Å². The van der Waals surface area contributed by atoms with Crippen LogP contribution in [0, 0.1) is 0 Å². The van der Waals surface area contributed by atoms with Gasteiger partial charge in [0.05, 0.1) is 32.8 Å². The molecule has 0 aliphatic rings. The number of rotatable bonds is 11. The van der Waals surface area contributed by atoms with Crippen LogP contribution in [0.2, 0.25) is 0 Å². The largest absolute Gasteiger partial charge is 0.465 e. The maximum atomic E-state index is 12.6. The van der Waals surface area contributed by atoms with Gasteiger partial charge in [-0.3, -0.25) is 14.2 Å². The van der Waals surface area contributed by atoms with E-state index in [1.807, 2.05) is 0 Å². The summed E-state index contributed by atoms with van der Waals surface area (Å²) in [6.07, 6.45) is -0.504. The lowest BCUT2D eigenvalue weighted by atomic mass is 10.3. The summed E-state index contributed by atoms with van der Waals surface area (Å²) in [6.45, 7) is 4.41. The van der Waals surface area contributed by atoms with Crippen LogP contribution in [0.5, 0.6) is 0 Å². The molecule has 9 heteroatoms. The molecule has 0 aromatic heterocycles. The monoisotopic (exact) mass is 326 g/mol. The van der Waals surface area contributed by atoms with E-state index >= 15 is 0 Å². The molecule has 1 atom stereocenters. The lowest BCUT2D eigenvalue weighted by Gasteiger charge is -2.24. The molecule has 0 bridgehead atoms. The standard InChI is InChI=1S/C12H23O8P/c1-4-17-12(15)10(9-11(14)18-8-7-13)21(16,19-5-2)20-6-3/h10,13H,4-9H2,1-3H3. The van der Waals surface area contributed by atoms with Gasteiger partial charge in [-0.1, -0.05) is 0 Å². The highest BCUT2D eigenvalue weighted by Gasteiger charge is 2.44. The lowest BCUT2D eigenvalue weighted by molar-refractivity contribution is -0.150. The topological polar surface area (TPSA) is 108 Å². The van der Waals surface area contributed by atoms with Gasteiger partial charge < -0.3 is 23.6 Å². The smallest absolute Gasteiger partial charge is 0.345 e. The third kappa shape index (κ3) is 7.04. The summed E-state index contributed by atoms with van der Waals surface area (Å²) in [5.41, 5.74) is -1.39. The zero-order valence-corrected chi connectivity index (χ0v) is 13.5. The summed E-state index contributed by atoms with van der Waals surface area (Å²) in [5, 5.41) is 8.60. The molecule has 0 saturated heterocycles. The predicted molar refractivity (Wildman–Crippen MR) is 73.9 cm³/mol. The summed E-state index contributed by atoms with van der Waals surface area (Å²) >= 11 is 0. The maximum Gasteiger partial charge on any atom is 0.345 e. The van der Waals surface area contributed by atoms with E-state index in [1.54, 1.807) is 20.8 Å². The molecule has 0 aromatic carbocycles. The Balaban J connectivity index is 5.13. The molecule has 0 saturated carbocycles. The van der Waals surface area contributed by atoms with Gasteiger partial charge in [0.2, 0.25) is 0 Å². The summed E-state index contributed by atoms with van der Waals surface area (Å²) < 4.78 is 32.3. The molecule has 124 valence electrons. The molecule has 1 N–H and O–H groups in total. The first-order valence-corrected chi connectivity index (χ1v) is 8.38. The predicted octanol–water partition coefficient (Wildman–Crippen LogP) is 1.11. The second-order valence-electron chi connectivity index (χ2n) is 3.79. The van der Waals surface area contributed by atoms with Crippen molar-refractivity contribution in [2.24, 2.45) is 0 Å². The third-order valence-electron chi connectivity index (χ3n) is 2.27. The van der Waals surface area contributed by atoms with Gasteiger partial charge >= 0.3 is 19.5 Å². The van der Waals surface area contributed by atoms with Crippen molar-refractivity contribution in [3.8, 4) is 0 Å². The Kier molecular flexibility index (Phi) is 10.2. The van der Waals surface area contributed by atoms with Crippen molar-refractivity contribution in [3.63, 3.8) is 0 Å². The quantitative estimate of drug-likeness (QED) is 0.444. The van der Waals surface area contributed by atoms with Gasteiger partial charge in [-0.05, 0) is 20.8 Å². The number of esters is 2. The normalized spacial score (nSPS) is 12.8. The summed E-state index contributed by atoms with van der Waals surface area (Å²) in [7, 11) is -3.84. The second kappa shape index (κ2) is 10.7. The molecule has 0 aromatic rings. The Morgan fingerprint density at radius 1 is 1.05 bits per heavy atom. The van der Waals surface area contributed by atoms with Gasteiger partial charge in [0.25, 0.3) is 0 Å². The van der Waals surface area contributed by atoms with Crippen molar-refractivity contribution in [1.82, 2.24) is 0 Å². The first-order chi connectivity index (χ1) is 9.95. The number of hydrogen-bond donors (Lipinski definition) is 1. The number of carbonyl (C=O) groups is 2. The molecule has 0 rings (SSSR count). The molecule has 1 unspecified atom stereocenters. The molecular weight excluding hydrogens is 303 g/mol. The second-order valence-corrected chi connectivity index (χ2v) is 6.01. The zero-order chi connectivity index (χ0) is 16.3. The van der Waals surface area contributed by atoms with Crippen LogP contribution >= 0.6 is 7.60 Å². The number of aliphatic hydroxyl groups excluding tert-OH is 1. The van der Waals surface area contributed by atoms with Crippen LogP contribution in [0.25, 0.3) is 0 Å². The first kappa shape index (κ1) is 20.1. The highest BCUT2D eigenvalue weighted by atomic mass is 31.2. The summed E-state index contributed by atoms with van der Waals surface area (Å²) in [6, 6.07) is 0. The van der Waals surface area contributed by atoms with Gasteiger partial charge in [-0.15, -0.1) is 0 Å². The summed E-state index contributed by atoms with van der Waals surface area (Å²) in [5.74, 6) is -1.63. The summed E-state index contributed by atoms with van der Waals surface area (Å²) in [4.78, 5) is 23.5. The third-order valence-corrected chi connectivity index (χ3v) is 4.67. The van der Waals surface area contributed by atoms with Crippen LogP contribution in [-0.4, -0.2) is 55.7 Å². The van der Waals surface area contributed by atoms with E-state index in [9.17, 15) is 14.2 Å². The van der Waals surface area contributed by atoms with Gasteiger partial charge in [-0.25, -0.2) is 0 Å². The molecule has 0 aliphatic heterocycles. The van der Waals surface area contributed by atoms with E-state index in [0.717, 1.165) is 0 Å². The molecule has 0 spiro atoms. The van der Waals surface area contributed by atoms with E-state index in [0.29, 0.717) is 0 Å². The molecule has 21 heavy (non-hydrogen) atoms. The van der Waals surface area contributed by atoms with Crippen LogP contribution in [0.1, 0.15) is 27.2 Å². The van der Waals surface area contributed by atoms with Crippen LogP contribution in [-0.2, 0) is 32.7 Å². The van der Waals surface area contributed by atoms with E-state index < -0.39 is 31.6 Å².